The molecule has 2 aromatic rings. The number of carbonyl (C=O) groups is 2. The Morgan fingerprint density at radius 3 is 2.30 bits per heavy atom. The van der Waals surface area contributed by atoms with Gasteiger partial charge in [0.1, 0.15) is 0 Å². The summed E-state index contributed by atoms with van der Waals surface area (Å²) in [5.41, 5.74) is 1.54. The lowest BCUT2D eigenvalue weighted by atomic mass is 10.2. The van der Waals surface area contributed by atoms with E-state index >= 15 is 0 Å². The quantitative estimate of drug-likeness (QED) is 0.726. The molecule has 0 saturated carbocycles. The second-order valence-electron chi connectivity index (χ2n) is 5.91. The summed E-state index contributed by atoms with van der Waals surface area (Å²) in [6.45, 7) is 3.66. The molecular formula is C19H23N3O4S. The third-order valence-corrected chi connectivity index (χ3v) is 5.01. The molecule has 0 aliphatic heterocycles. The maximum absolute atomic E-state index is 12.4. The van der Waals surface area contributed by atoms with Crippen LogP contribution in [0.15, 0.2) is 54.6 Å². The molecule has 7 nitrogen and oxygen atoms in total. The molecule has 8 heteroatoms. The molecule has 0 radical (unpaired) electrons. The maximum atomic E-state index is 12.4. The number of para-hydroxylation sites is 1. The largest absolute Gasteiger partial charge is 0.326 e. The summed E-state index contributed by atoms with van der Waals surface area (Å²) in [4.78, 5) is 25.1. The van der Waals surface area contributed by atoms with E-state index in [1.807, 2.05) is 37.3 Å². The molecule has 2 N–H and O–H groups in total. The van der Waals surface area contributed by atoms with Gasteiger partial charge in [0.05, 0.1) is 11.4 Å². The first kappa shape index (κ1) is 20.4. The van der Waals surface area contributed by atoms with Gasteiger partial charge in [-0.05, 0) is 37.3 Å². The molecule has 2 rings (SSSR count). The zero-order valence-electron chi connectivity index (χ0n) is 15.3. The topological polar surface area (TPSA) is 95.6 Å². The van der Waals surface area contributed by atoms with E-state index in [1.165, 1.54) is 13.0 Å². The molecule has 0 spiro atoms. The van der Waals surface area contributed by atoms with E-state index < -0.39 is 10.0 Å². The predicted molar refractivity (Wildman–Crippen MR) is 107 cm³/mol. The average Bonchev–Trinajstić information content (AvgIpc) is 2.61. The number of nitrogens with zero attached hydrogens (tertiary/aromatic N) is 1. The third-order valence-electron chi connectivity index (χ3n) is 3.73. The Kier molecular flexibility index (Phi) is 6.95. The van der Waals surface area contributed by atoms with Gasteiger partial charge in [-0.3, -0.25) is 14.3 Å². The fraction of sp³-hybridized carbons (Fsp3) is 0.263. The van der Waals surface area contributed by atoms with Crippen LogP contribution in [0.3, 0.4) is 0 Å². The molecule has 0 aliphatic carbocycles. The Morgan fingerprint density at radius 2 is 1.67 bits per heavy atom. The molecule has 2 amide bonds. The molecule has 0 fully saturated rings. The van der Waals surface area contributed by atoms with Crippen molar-refractivity contribution >= 4 is 38.9 Å². The second kappa shape index (κ2) is 9.18. The zero-order chi connectivity index (χ0) is 19.9. The molecule has 0 aliphatic rings. The first-order chi connectivity index (χ1) is 12.8. The van der Waals surface area contributed by atoms with Crippen molar-refractivity contribution in [3.05, 3.63) is 54.6 Å². The fourth-order valence-electron chi connectivity index (χ4n) is 2.56. The number of amides is 2. The van der Waals surface area contributed by atoms with Crippen molar-refractivity contribution < 1.29 is 18.0 Å². The Balaban J connectivity index is 2.00. The smallest absolute Gasteiger partial charge is 0.233 e. The molecule has 0 atom stereocenters. The molecule has 144 valence electrons. The van der Waals surface area contributed by atoms with Gasteiger partial charge in [0, 0.05) is 31.3 Å². The third kappa shape index (κ3) is 6.41. The summed E-state index contributed by atoms with van der Waals surface area (Å²) < 4.78 is 27.1. The van der Waals surface area contributed by atoms with E-state index in [9.17, 15) is 18.0 Å². The number of hydrogen-bond donors (Lipinski definition) is 2. The molecule has 0 saturated heterocycles. The number of nitrogens with one attached hydrogen (secondary N) is 2. The van der Waals surface area contributed by atoms with Crippen LogP contribution in [0.1, 0.15) is 20.3 Å². The summed E-state index contributed by atoms with van der Waals surface area (Å²) in [7, 11) is -3.71. The van der Waals surface area contributed by atoms with Crippen LogP contribution in [0.4, 0.5) is 17.1 Å². The number of anilines is 3. The van der Waals surface area contributed by atoms with Gasteiger partial charge in [-0.1, -0.05) is 24.3 Å². The molecular weight excluding hydrogens is 366 g/mol. The number of hydrogen-bond acceptors (Lipinski definition) is 4. The second-order valence-corrected chi connectivity index (χ2v) is 7.75. The van der Waals surface area contributed by atoms with Crippen molar-refractivity contribution in [2.24, 2.45) is 0 Å². The van der Waals surface area contributed by atoms with Gasteiger partial charge in [0.2, 0.25) is 21.8 Å². The Morgan fingerprint density at radius 1 is 1.00 bits per heavy atom. The van der Waals surface area contributed by atoms with Crippen molar-refractivity contribution in [3.63, 3.8) is 0 Å². The van der Waals surface area contributed by atoms with Gasteiger partial charge >= 0.3 is 0 Å². The first-order valence-electron chi connectivity index (χ1n) is 8.54. The van der Waals surface area contributed by atoms with Crippen LogP contribution in [-0.4, -0.2) is 32.5 Å². The molecule has 2 aromatic carbocycles. The lowest BCUT2D eigenvalue weighted by Gasteiger charge is -2.21. The monoisotopic (exact) mass is 389 g/mol. The first-order valence-corrected chi connectivity index (χ1v) is 10.2. The van der Waals surface area contributed by atoms with E-state index in [0.717, 1.165) is 5.69 Å². The molecule has 0 heterocycles. The number of sulfonamides is 1. The van der Waals surface area contributed by atoms with Crippen molar-refractivity contribution in [3.8, 4) is 0 Å². The van der Waals surface area contributed by atoms with Crippen molar-refractivity contribution in [2.75, 3.05) is 27.2 Å². The minimum Gasteiger partial charge on any atom is -0.326 e. The van der Waals surface area contributed by atoms with Crippen LogP contribution < -0.4 is 14.9 Å². The molecule has 0 unspecified atom stereocenters. The van der Waals surface area contributed by atoms with Gasteiger partial charge in [0.25, 0.3) is 0 Å². The van der Waals surface area contributed by atoms with Crippen LogP contribution in [-0.2, 0) is 19.6 Å². The number of benzene rings is 2. The summed E-state index contributed by atoms with van der Waals surface area (Å²) in [5.74, 6) is -0.846. The molecule has 0 bridgehead atoms. The highest BCUT2D eigenvalue weighted by molar-refractivity contribution is 7.92. The van der Waals surface area contributed by atoms with E-state index in [0.29, 0.717) is 17.9 Å². The van der Waals surface area contributed by atoms with Crippen LogP contribution >= 0.6 is 0 Å². The van der Waals surface area contributed by atoms with E-state index in [4.69, 9.17) is 0 Å². The summed E-state index contributed by atoms with van der Waals surface area (Å²) in [6, 6.07) is 15.5. The van der Waals surface area contributed by atoms with Gasteiger partial charge in [-0.15, -0.1) is 0 Å². The van der Waals surface area contributed by atoms with Gasteiger partial charge < -0.3 is 10.2 Å². The minimum atomic E-state index is -3.71. The standard InChI is InChI=1S/C19H23N3O4S/c1-3-22(18-10-5-4-6-11-18)19(24)12-13-27(25,26)21-17-9-7-8-16(14-17)20-15(2)23/h4-11,14,21H,3,12-13H2,1-2H3,(H,20,23). The Bertz CT molecular complexity index is 898. The van der Waals surface area contributed by atoms with Crippen LogP contribution in [0.2, 0.25) is 0 Å². The number of carbonyl (C=O) groups excluding carboxylic acids is 2. The fourth-order valence-corrected chi connectivity index (χ4v) is 3.59. The van der Waals surface area contributed by atoms with Crippen LogP contribution in [0.5, 0.6) is 0 Å². The lowest BCUT2D eigenvalue weighted by Crippen LogP contribution is -2.32. The zero-order valence-corrected chi connectivity index (χ0v) is 16.1. The summed E-state index contributed by atoms with van der Waals surface area (Å²) >= 11 is 0. The highest BCUT2D eigenvalue weighted by Crippen LogP contribution is 2.18. The maximum Gasteiger partial charge on any atom is 0.233 e. The SMILES string of the molecule is CCN(C(=O)CCS(=O)(=O)Nc1cccc(NC(C)=O)c1)c1ccccc1. The van der Waals surface area contributed by atoms with E-state index in [2.05, 4.69) is 10.0 Å². The van der Waals surface area contributed by atoms with Crippen molar-refractivity contribution in [1.29, 1.82) is 0 Å². The molecule has 27 heavy (non-hydrogen) atoms. The minimum absolute atomic E-state index is 0.135. The summed E-state index contributed by atoms with van der Waals surface area (Å²) in [5, 5.41) is 2.59. The summed E-state index contributed by atoms with van der Waals surface area (Å²) in [6.07, 6.45) is -0.135. The average molecular weight is 389 g/mol. The van der Waals surface area contributed by atoms with E-state index in [1.54, 1.807) is 23.1 Å². The van der Waals surface area contributed by atoms with Crippen molar-refractivity contribution in [1.82, 2.24) is 0 Å². The predicted octanol–water partition coefficient (Wildman–Crippen LogP) is 2.83. The van der Waals surface area contributed by atoms with Crippen LogP contribution in [0, 0.1) is 0 Å². The molecule has 0 aromatic heterocycles. The number of rotatable bonds is 8. The Hall–Kier alpha value is -2.87. The van der Waals surface area contributed by atoms with Crippen LogP contribution in [0.25, 0.3) is 0 Å². The van der Waals surface area contributed by atoms with Gasteiger partial charge in [0.15, 0.2) is 0 Å². The highest BCUT2D eigenvalue weighted by Gasteiger charge is 2.18. The normalized spacial score (nSPS) is 10.9. The highest BCUT2D eigenvalue weighted by atomic mass is 32.2. The van der Waals surface area contributed by atoms with Crippen molar-refractivity contribution in [2.45, 2.75) is 20.3 Å². The Labute approximate surface area is 159 Å². The van der Waals surface area contributed by atoms with E-state index in [-0.39, 0.29) is 24.0 Å². The van der Waals surface area contributed by atoms with Gasteiger partial charge in [-0.2, -0.15) is 0 Å². The van der Waals surface area contributed by atoms with Gasteiger partial charge in [-0.25, -0.2) is 8.42 Å². The lowest BCUT2D eigenvalue weighted by molar-refractivity contribution is -0.118.